The lowest BCUT2D eigenvalue weighted by molar-refractivity contribution is -0.125. The third-order valence-electron chi connectivity index (χ3n) is 4.85. The number of carbonyl (C=O) groups is 1. The minimum atomic E-state index is -3.80. The van der Waals surface area contributed by atoms with Crippen LogP contribution in [0.15, 0.2) is 34.3 Å². The van der Waals surface area contributed by atoms with Gasteiger partial charge in [0.15, 0.2) is 5.78 Å². The van der Waals surface area contributed by atoms with Gasteiger partial charge in [-0.2, -0.15) is 4.31 Å². The van der Waals surface area contributed by atoms with Crippen LogP contribution in [0, 0.1) is 6.92 Å². The number of carbonyl (C=O) groups excluding carboxylic acids is 1. The fourth-order valence-corrected chi connectivity index (χ4v) is 5.55. The summed E-state index contributed by atoms with van der Waals surface area (Å²) in [6, 6.07) is 5.95. The average Bonchev–Trinajstić information content (AvgIpc) is 3.07. The van der Waals surface area contributed by atoms with E-state index in [1.807, 2.05) is 6.92 Å². The van der Waals surface area contributed by atoms with Gasteiger partial charge in [-0.1, -0.05) is 22.8 Å². The maximum absolute atomic E-state index is 13.0. The number of aryl methyl sites for hydroxylation is 1. The van der Waals surface area contributed by atoms with E-state index >= 15 is 0 Å². The van der Waals surface area contributed by atoms with Crippen LogP contribution in [0.5, 0.6) is 0 Å². The van der Waals surface area contributed by atoms with E-state index < -0.39 is 21.6 Å². The van der Waals surface area contributed by atoms with Crippen LogP contribution in [0.3, 0.4) is 0 Å². The second-order valence-electron chi connectivity index (χ2n) is 6.10. The molecule has 2 aliphatic rings. The molecule has 1 saturated carbocycles. The molecule has 8 heteroatoms. The largest absolute Gasteiger partial charge is 0.298 e. The first kappa shape index (κ1) is 16.0. The number of azide groups is 1. The topological polar surface area (TPSA) is 103 Å². The van der Waals surface area contributed by atoms with Crippen LogP contribution >= 0.6 is 0 Å². The minimum Gasteiger partial charge on any atom is -0.298 e. The van der Waals surface area contributed by atoms with Gasteiger partial charge in [0.2, 0.25) is 10.0 Å². The number of nitrogens with zero attached hydrogens (tertiary/aromatic N) is 4. The molecule has 0 bridgehead atoms. The average molecular weight is 334 g/mol. The van der Waals surface area contributed by atoms with E-state index in [0.29, 0.717) is 25.7 Å². The van der Waals surface area contributed by atoms with Crippen LogP contribution in [0.25, 0.3) is 10.4 Å². The molecule has 122 valence electrons. The summed E-state index contributed by atoms with van der Waals surface area (Å²) >= 11 is 0. The molecular weight excluding hydrogens is 316 g/mol. The lowest BCUT2D eigenvalue weighted by Crippen LogP contribution is -2.55. The molecule has 3 rings (SSSR count). The zero-order valence-electron chi connectivity index (χ0n) is 12.8. The molecule has 1 spiro atoms. The number of benzene rings is 1. The molecule has 1 aliphatic heterocycles. The lowest BCUT2D eigenvalue weighted by atomic mass is 9.90. The Bertz CT molecular complexity index is 783. The summed E-state index contributed by atoms with van der Waals surface area (Å²) in [5.74, 6) is -0.136. The molecule has 0 unspecified atom stereocenters. The van der Waals surface area contributed by atoms with Crippen LogP contribution in [-0.4, -0.2) is 36.6 Å². The Morgan fingerprint density at radius 3 is 2.61 bits per heavy atom. The molecule has 1 aromatic carbocycles. The fourth-order valence-electron chi connectivity index (χ4n) is 3.72. The van der Waals surface area contributed by atoms with Gasteiger partial charge in [0, 0.05) is 17.9 Å². The third-order valence-corrected chi connectivity index (χ3v) is 6.80. The van der Waals surface area contributed by atoms with Gasteiger partial charge in [-0.05, 0) is 43.9 Å². The van der Waals surface area contributed by atoms with Crippen molar-refractivity contribution in [3.8, 4) is 0 Å². The van der Waals surface area contributed by atoms with E-state index in [-0.39, 0.29) is 17.2 Å². The summed E-state index contributed by atoms with van der Waals surface area (Å²) in [7, 11) is -3.80. The number of rotatable bonds is 3. The van der Waals surface area contributed by atoms with E-state index in [1.54, 1.807) is 24.3 Å². The second kappa shape index (κ2) is 5.63. The number of hydrogen-bond donors (Lipinski definition) is 0. The van der Waals surface area contributed by atoms with Crippen molar-refractivity contribution in [3.63, 3.8) is 0 Å². The SMILES string of the molecule is Cc1ccc(S(=O)(=O)N2CC[C@H](N=[N+]=[N-])[C@]23CCCC3=O)cc1. The van der Waals surface area contributed by atoms with Crippen molar-refractivity contribution in [2.45, 2.75) is 49.1 Å². The van der Waals surface area contributed by atoms with E-state index in [4.69, 9.17) is 5.53 Å². The van der Waals surface area contributed by atoms with Gasteiger partial charge in [-0.25, -0.2) is 8.42 Å². The minimum absolute atomic E-state index is 0.136. The summed E-state index contributed by atoms with van der Waals surface area (Å²) in [6.07, 6.45) is 1.75. The molecule has 0 amide bonds. The molecule has 1 aromatic rings. The Hall–Kier alpha value is -1.89. The molecule has 23 heavy (non-hydrogen) atoms. The number of hydrogen-bond acceptors (Lipinski definition) is 4. The smallest absolute Gasteiger partial charge is 0.243 e. The van der Waals surface area contributed by atoms with Crippen molar-refractivity contribution >= 4 is 15.8 Å². The maximum atomic E-state index is 13.0. The molecule has 2 fully saturated rings. The van der Waals surface area contributed by atoms with Crippen molar-refractivity contribution in [2.24, 2.45) is 5.11 Å². The predicted molar refractivity (Wildman–Crippen MR) is 84.2 cm³/mol. The van der Waals surface area contributed by atoms with Crippen LogP contribution in [0.1, 0.15) is 31.2 Å². The van der Waals surface area contributed by atoms with E-state index in [1.165, 1.54) is 4.31 Å². The number of Topliss-reactive ketones (excluding diaryl/α,β-unsaturated/α-hetero) is 1. The lowest BCUT2D eigenvalue weighted by Gasteiger charge is -2.35. The highest BCUT2D eigenvalue weighted by atomic mass is 32.2. The zero-order chi connectivity index (χ0) is 16.7. The quantitative estimate of drug-likeness (QED) is 0.482. The van der Waals surface area contributed by atoms with Crippen molar-refractivity contribution in [3.05, 3.63) is 40.3 Å². The molecule has 1 aliphatic carbocycles. The highest BCUT2D eigenvalue weighted by Gasteiger charge is 2.59. The Balaban J connectivity index is 2.09. The van der Waals surface area contributed by atoms with Crippen LogP contribution in [-0.2, 0) is 14.8 Å². The zero-order valence-corrected chi connectivity index (χ0v) is 13.7. The summed E-state index contributed by atoms with van der Waals surface area (Å²) in [6.45, 7) is 2.08. The predicted octanol–water partition coefficient (Wildman–Crippen LogP) is 2.56. The van der Waals surface area contributed by atoms with Gasteiger partial charge < -0.3 is 0 Å². The Kier molecular flexibility index (Phi) is 3.91. The van der Waals surface area contributed by atoms with Gasteiger partial charge >= 0.3 is 0 Å². The Labute approximate surface area is 135 Å². The van der Waals surface area contributed by atoms with Gasteiger partial charge in [0.1, 0.15) is 5.54 Å². The summed E-state index contributed by atoms with van der Waals surface area (Å²) in [5, 5.41) is 3.73. The normalized spacial score (nSPS) is 28.2. The van der Waals surface area contributed by atoms with Crippen LogP contribution in [0.2, 0.25) is 0 Å². The van der Waals surface area contributed by atoms with Gasteiger partial charge in [-0.3, -0.25) is 4.79 Å². The third kappa shape index (κ3) is 2.34. The summed E-state index contributed by atoms with van der Waals surface area (Å²) in [5.41, 5.74) is 8.54. The highest BCUT2D eigenvalue weighted by Crippen LogP contribution is 2.45. The van der Waals surface area contributed by atoms with Gasteiger partial charge in [0.05, 0.1) is 10.9 Å². The monoisotopic (exact) mass is 334 g/mol. The number of sulfonamides is 1. The first-order valence-electron chi connectivity index (χ1n) is 7.60. The first-order valence-corrected chi connectivity index (χ1v) is 9.04. The standard InChI is InChI=1S/C15H18N4O3S/c1-11-4-6-12(7-5-11)23(21,22)19-10-8-13(17-18-16)15(19)9-2-3-14(15)20/h4-7,13H,2-3,8-10H2,1H3/t13-,15-/m0/s1. The second-order valence-corrected chi connectivity index (χ2v) is 7.96. The summed E-state index contributed by atoms with van der Waals surface area (Å²) in [4.78, 5) is 15.5. The van der Waals surface area contributed by atoms with Crippen molar-refractivity contribution in [2.75, 3.05) is 6.54 Å². The van der Waals surface area contributed by atoms with E-state index in [0.717, 1.165) is 5.56 Å². The van der Waals surface area contributed by atoms with E-state index in [9.17, 15) is 13.2 Å². The number of ketones is 1. The molecule has 0 aromatic heterocycles. The van der Waals surface area contributed by atoms with Gasteiger partial charge in [0.25, 0.3) is 0 Å². The van der Waals surface area contributed by atoms with Crippen LogP contribution < -0.4 is 0 Å². The maximum Gasteiger partial charge on any atom is 0.243 e. The molecule has 2 atom stereocenters. The molecule has 1 saturated heterocycles. The molecular formula is C15H18N4O3S. The van der Waals surface area contributed by atoms with Gasteiger partial charge in [-0.15, -0.1) is 0 Å². The fraction of sp³-hybridized carbons (Fsp3) is 0.533. The Morgan fingerprint density at radius 2 is 2.04 bits per heavy atom. The highest BCUT2D eigenvalue weighted by molar-refractivity contribution is 7.89. The first-order chi connectivity index (χ1) is 10.9. The van der Waals surface area contributed by atoms with Crippen LogP contribution in [0.4, 0.5) is 0 Å². The van der Waals surface area contributed by atoms with E-state index in [2.05, 4.69) is 10.0 Å². The van der Waals surface area contributed by atoms with Crippen molar-refractivity contribution < 1.29 is 13.2 Å². The van der Waals surface area contributed by atoms with Crippen molar-refractivity contribution in [1.29, 1.82) is 0 Å². The van der Waals surface area contributed by atoms with Crippen molar-refractivity contribution in [1.82, 2.24) is 4.31 Å². The molecule has 7 nitrogen and oxygen atoms in total. The molecule has 0 radical (unpaired) electrons. The summed E-state index contributed by atoms with van der Waals surface area (Å²) < 4.78 is 27.4. The Morgan fingerprint density at radius 1 is 1.35 bits per heavy atom. The molecule has 1 heterocycles. The molecule has 0 N–H and O–H groups in total.